The molecule has 3 aromatic rings. The van der Waals surface area contributed by atoms with Gasteiger partial charge in [-0.3, -0.25) is 9.59 Å². The van der Waals surface area contributed by atoms with Gasteiger partial charge < -0.3 is 30.7 Å². The lowest BCUT2D eigenvalue weighted by Crippen LogP contribution is -2.50. The fraction of sp³-hybridized carbons (Fsp3) is 0.488. The van der Waals surface area contributed by atoms with Gasteiger partial charge in [-0.15, -0.1) is 0 Å². The highest BCUT2D eigenvalue weighted by molar-refractivity contribution is 6.31. The number of hydrogen-bond acceptors (Lipinski definition) is 7. The zero-order valence-corrected chi connectivity index (χ0v) is 34.5. The lowest BCUT2D eigenvalue weighted by molar-refractivity contribution is -0.153. The van der Waals surface area contributed by atoms with Gasteiger partial charge >= 0.3 is 12.1 Å². The van der Waals surface area contributed by atoms with Gasteiger partial charge in [-0.2, -0.15) is 0 Å². The van der Waals surface area contributed by atoms with Crippen LogP contribution in [0.15, 0.2) is 60.7 Å². The molecular weight excluding hydrogens is 777 g/mol. The number of nitrogens with one attached hydrogen (secondary N) is 4. The van der Waals surface area contributed by atoms with E-state index in [0.717, 1.165) is 5.56 Å². The van der Waals surface area contributed by atoms with Gasteiger partial charge in [0.15, 0.2) is 0 Å². The highest BCUT2D eigenvalue weighted by Gasteiger charge is 2.66. The average Bonchev–Trinajstić information content (AvgIpc) is 3.59. The standard InChI is InChI=1S/C43H50Cl2F2N4O6/c1-41(2,3)22-33-43(27-20-30(46)29(45)21-31(27)49-39(43)54)34(26-13-10-14-28(44)35(26)47)36(51-33)37(52)48-24-15-17-25(18-16-24)56-38(53)32(19-23-11-8-7-9-12-23)50-40(55)57-42(4,5)6/h7-14,20-21,24-25,32-34,36,51H,15-19,22H2,1-6H3,(H,48,52)(H,49,54)(H,50,55)/t24?,25?,32-,33+,34-,36+,43-/m0/s1. The maximum Gasteiger partial charge on any atom is 0.408 e. The van der Waals surface area contributed by atoms with Crippen LogP contribution in [0.5, 0.6) is 0 Å². The molecule has 0 unspecified atom stereocenters. The fourth-order valence-electron chi connectivity index (χ4n) is 8.52. The Kier molecular flexibility index (Phi) is 12.3. The van der Waals surface area contributed by atoms with Gasteiger partial charge in [0.1, 0.15) is 34.8 Å². The van der Waals surface area contributed by atoms with Crippen molar-refractivity contribution in [3.8, 4) is 0 Å². The van der Waals surface area contributed by atoms with E-state index in [-0.39, 0.29) is 39.0 Å². The molecule has 14 heteroatoms. The van der Waals surface area contributed by atoms with Crippen molar-refractivity contribution in [1.82, 2.24) is 16.0 Å². The number of amides is 3. The summed E-state index contributed by atoms with van der Waals surface area (Å²) in [7, 11) is 0. The highest BCUT2D eigenvalue weighted by Crippen LogP contribution is 2.57. The van der Waals surface area contributed by atoms with Crippen LogP contribution in [0.1, 0.15) is 96.3 Å². The first-order chi connectivity index (χ1) is 26.8. The normalized spacial score (nSPS) is 25.0. The van der Waals surface area contributed by atoms with Crippen LogP contribution in [0.4, 0.5) is 19.3 Å². The predicted octanol–water partition coefficient (Wildman–Crippen LogP) is 8.13. The van der Waals surface area contributed by atoms with Crippen molar-refractivity contribution >= 4 is 52.8 Å². The van der Waals surface area contributed by atoms with Gasteiger partial charge in [-0.25, -0.2) is 18.4 Å². The van der Waals surface area contributed by atoms with Crippen LogP contribution >= 0.6 is 23.2 Å². The molecule has 2 aliphatic heterocycles. The monoisotopic (exact) mass is 826 g/mol. The third kappa shape index (κ3) is 9.23. The van der Waals surface area contributed by atoms with E-state index < -0.39 is 76.7 Å². The number of carbonyl (C=O) groups excluding carboxylic acids is 4. The smallest absolute Gasteiger partial charge is 0.408 e. The first-order valence-electron chi connectivity index (χ1n) is 19.3. The molecule has 6 rings (SSSR count). The Labute approximate surface area is 342 Å². The molecule has 1 saturated heterocycles. The third-order valence-corrected chi connectivity index (χ3v) is 11.4. The Morgan fingerprint density at radius 2 is 1.61 bits per heavy atom. The number of carbonyl (C=O) groups is 4. The quantitative estimate of drug-likeness (QED) is 0.160. The summed E-state index contributed by atoms with van der Waals surface area (Å²) < 4.78 is 42.8. The summed E-state index contributed by atoms with van der Waals surface area (Å²) in [5.41, 5.74) is -1.30. The number of benzene rings is 3. The van der Waals surface area contributed by atoms with E-state index in [1.54, 1.807) is 26.8 Å². The van der Waals surface area contributed by atoms with Crippen LogP contribution in [0.3, 0.4) is 0 Å². The number of esters is 1. The minimum atomic E-state index is -1.61. The molecule has 0 radical (unpaired) electrons. The molecule has 2 heterocycles. The molecule has 0 aromatic heterocycles. The summed E-state index contributed by atoms with van der Waals surface area (Å²) in [6, 6.07) is 13.1. The highest BCUT2D eigenvalue weighted by atomic mass is 35.5. The molecule has 3 amide bonds. The first kappa shape index (κ1) is 42.3. The van der Waals surface area contributed by atoms with E-state index in [4.69, 9.17) is 32.7 Å². The molecule has 1 saturated carbocycles. The molecule has 57 heavy (non-hydrogen) atoms. The zero-order valence-electron chi connectivity index (χ0n) is 32.9. The molecule has 1 aliphatic carbocycles. The van der Waals surface area contributed by atoms with Crippen molar-refractivity contribution in [3.63, 3.8) is 0 Å². The Balaban J connectivity index is 1.22. The van der Waals surface area contributed by atoms with Gasteiger partial charge in [0, 0.05) is 30.1 Å². The third-order valence-electron chi connectivity index (χ3n) is 10.9. The van der Waals surface area contributed by atoms with E-state index in [1.807, 2.05) is 51.1 Å². The first-order valence-corrected chi connectivity index (χ1v) is 20.1. The molecule has 4 N–H and O–H groups in total. The van der Waals surface area contributed by atoms with Crippen molar-refractivity contribution in [1.29, 1.82) is 0 Å². The molecule has 3 aromatic carbocycles. The van der Waals surface area contributed by atoms with Crippen molar-refractivity contribution in [2.45, 2.75) is 127 Å². The Hall–Kier alpha value is -4.26. The van der Waals surface area contributed by atoms with Gasteiger partial charge in [-0.1, -0.05) is 86.4 Å². The minimum absolute atomic E-state index is 0.0468. The molecule has 5 atom stereocenters. The molecule has 1 spiro atoms. The molecule has 0 bridgehead atoms. The van der Waals surface area contributed by atoms with Gasteiger partial charge in [-0.05, 0) is 93.2 Å². The summed E-state index contributed by atoms with van der Waals surface area (Å²) >= 11 is 12.5. The van der Waals surface area contributed by atoms with Crippen molar-refractivity contribution in [2.75, 3.05) is 5.32 Å². The molecule has 306 valence electrons. The van der Waals surface area contributed by atoms with Crippen molar-refractivity contribution in [2.24, 2.45) is 5.41 Å². The fourth-order valence-corrected chi connectivity index (χ4v) is 8.86. The number of rotatable bonds is 9. The van der Waals surface area contributed by atoms with Crippen LogP contribution in [0, 0.1) is 17.0 Å². The molecule has 3 aliphatic rings. The molecule has 10 nitrogen and oxygen atoms in total. The number of halogens is 4. The largest absolute Gasteiger partial charge is 0.461 e. The number of ether oxygens (including phenoxy) is 2. The van der Waals surface area contributed by atoms with Crippen LogP contribution in [-0.2, 0) is 35.7 Å². The number of hydrogen-bond donors (Lipinski definition) is 4. The topological polar surface area (TPSA) is 135 Å². The summed E-state index contributed by atoms with van der Waals surface area (Å²) in [5, 5.41) is 11.7. The minimum Gasteiger partial charge on any atom is -0.461 e. The Morgan fingerprint density at radius 3 is 2.26 bits per heavy atom. The second-order valence-corrected chi connectivity index (χ2v) is 18.3. The Bertz CT molecular complexity index is 2010. The number of anilines is 1. The lowest BCUT2D eigenvalue weighted by atomic mass is 9.62. The number of fused-ring (bicyclic) bond motifs is 2. The second-order valence-electron chi connectivity index (χ2n) is 17.5. The van der Waals surface area contributed by atoms with Crippen LogP contribution in [0.25, 0.3) is 0 Å². The lowest BCUT2D eigenvalue weighted by Gasteiger charge is -2.38. The average molecular weight is 828 g/mol. The summed E-state index contributed by atoms with van der Waals surface area (Å²) in [5.74, 6) is -4.22. The van der Waals surface area contributed by atoms with Crippen LogP contribution in [0.2, 0.25) is 10.0 Å². The summed E-state index contributed by atoms with van der Waals surface area (Å²) in [6.45, 7) is 11.2. The zero-order chi connectivity index (χ0) is 41.4. The van der Waals surface area contributed by atoms with E-state index in [9.17, 15) is 19.2 Å². The SMILES string of the molecule is CC(C)(C)C[C@H]1N[C@@H](C(=O)NC2CCC(OC(=O)[C@H](Cc3ccccc3)NC(=O)OC(C)(C)C)CC2)[C@H](c2cccc(Cl)c2F)[C@@]12C(=O)Nc1cc(Cl)c(F)cc12. The van der Waals surface area contributed by atoms with Crippen LogP contribution in [-0.4, -0.2) is 59.7 Å². The van der Waals surface area contributed by atoms with E-state index >= 15 is 8.78 Å². The van der Waals surface area contributed by atoms with Gasteiger partial charge in [0.05, 0.1) is 16.1 Å². The van der Waals surface area contributed by atoms with E-state index in [0.29, 0.717) is 37.8 Å². The predicted molar refractivity (Wildman–Crippen MR) is 214 cm³/mol. The van der Waals surface area contributed by atoms with Gasteiger partial charge in [0.2, 0.25) is 11.8 Å². The van der Waals surface area contributed by atoms with E-state index in [2.05, 4.69) is 21.3 Å². The molecule has 2 fully saturated rings. The van der Waals surface area contributed by atoms with E-state index in [1.165, 1.54) is 24.3 Å². The molecular formula is C43H50Cl2F2N4O6. The Morgan fingerprint density at radius 1 is 0.930 bits per heavy atom. The van der Waals surface area contributed by atoms with Crippen LogP contribution < -0.4 is 21.3 Å². The number of alkyl carbamates (subject to hydrolysis) is 1. The maximum absolute atomic E-state index is 16.2. The second kappa shape index (κ2) is 16.5. The van der Waals surface area contributed by atoms with Crippen molar-refractivity contribution in [3.05, 3.63) is 99.0 Å². The van der Waals surface area contributed by atoms with Crippen molar-refractivity contribution < 1.29 is 37.4 Å². The summed E-state index contributed by atoms with van der Waals surface area (Å²) in [4.78, 5) is 55.1. The maximum atomic E-state index is 16.2. The van der Waals surface area contributed by atoms with Gasteiger partial charge in [0.25, 0.3) is 0 Å². The summed E-state index contributed by atoms with van der Waals surface area (Å²) in [6.07, 6.45) is 1.14.